The highest BCUT2D eigenvalue weighted by atomic mass is 79.9. The van der Waals surface area contributed by atoms with Crippen molar-refractivity contribution in [3.63, 3.8) is 0 Å². The zero-order valence-electron chi connectivity index (χ0n) is 18.0. The molecule has 0 bridgehead atoms. The van der Waals surface area contributed by atoms with E-state index in [-0.39, 0.29) is 11.4 Å². The molecule has 2 amide bonds. The van der Waals surface area contributed by atoms with Crippen molar-refractivity contribution in [2.75, 3.05) is 5.32 Å². The van der Waals surface area contributed by atoms with E-state index in [1.807, 2.05) is 31.2 Å². The third kappa shape index (κ3) is 5.19. The monoisotopic (exact) mass is 466 g/mol. The first-order valence-electron chi connectivity index (χ1n) is 9.80. The molecule has 0 saturated heterocycles. The summed E-state index contributed by atoms with van der Waals surface area (Å²) >= 11 is 3.37. The summed E-state index contributed by atoms with van der Waals surface area (Å²) < 4.78 is 3.14. The van der Waals surface area contributed by atoms with Crippen molar-refractivity contribution >= 4 is 33.9 Å². The summed E-state index contributed by atoms with van der Waals surface area (Å²) in [5, 5.41) is 6.84. The maximum absolute atomic E-state index is 12.0. The highest BCUT2D eigenvalue weighted by Gasteiger charge is 2.14. The maximum atomic E-state index is 12.0. The predicted molar refractivity (Wildman–Crippen MR) is 128 cm³/mol. The smallest absolute Gasteiger partial charge is 0.318 e. The van der Waals surface area contributed by atoms with Gasteiger partial charge in [-0.25, -0.2) is 10.2 Å². The van der Waals surface area contributed by atoms with Crippen LogP contribution in [0.3, 0.4) is 0 Å². The van der Waals surface area contributed by atoms with E-state index >= 15 is 0 Å². The first-order valence-corrected chi connectivity index (χ1v) is 10.6. The number of nitrogens with zero attached hydrogens (tertiary/aromatic N) is 2. The van der Waals surface area contributed by atoms with Crippen LogP contribution in [-0.4, -0.2) is 16.8 Å². The van der Waals surface area contributed by atoms with E-state index in [9.17, 15) is 4.79 Å². The number of aromatic nitrogens is 1. The van der Waals surface area contributed by atoms with Crippen LogP contribution in [0, 0.1) is 13.8 Å². The van der Waals surface area contributed by atoms with Gasteiger partial charge in [-0.3, -0.25) is 0 Å². The van der Waals surface area contributed by atoms with Gasteiger partial charge in [0.2, 0.25) is 0 Å². The standard InChI is InChI=1S/C24H27BrN4O/c1-16-14-18(15-26-28-23(30)27-21-10-8-20(25)9-11-21)17(2)29(16)22-12-6-19(7-13-22)24(3,4)5/h6-15H,1-5H3,(H2,27,28,30)/b26-15+. The molecule has 0 spiro atoms. The lowest BCUT2D eigenvalue weighted by Crippen LogP contribution is -2.24. The number of carbonyl (C=O) groups excluding carboxylic acids is 1. The third-order valence-corrected chi connectivity index (χ3v) is 5.46. The molecule has 5 nitrogen and oxygen atoms in total. The van der Waals surface area contributed by atoms with Crippen LogP contribution in [-0.2, 0) is 5.41 Å². The fourth-order valence-corrected chi connectivity index (χ4v) is 3.54. The Kier molecular flexibility index (Phi) is 6.46. The quantitative estimate of drug-likeness (QED) is 0.343. The van der Waals surface area contributed by atoms with Crippen molar-refractivity contribution in [3.8, 4) is 5.69 Å². The number of rotatable bonds is 4. The van der Waals surface area contributed by atoms with Crippen LogP contribution in [0.5, 0.6) is 0 Å². The molecule has 0 unspecified atom stereocenters. The number of anilines is 1. The largest absolute Gasteiger partial charge is 0.339 e. The lowest BCUT2D eigenvalue weighted by molar-refractivity contribution is 0.252. The molecule has 0 aliphatic heterocycles. The van der Waals surface area contributed by atoms with E-state index in [1.165, 1.54) is 5.56 Å². The number of nitrogens with one attached hydrogen (secondary N) is 2. The summed E-state index contributed by atoms with van der Waals surface area (Å²) in [6, 6.07) is 17.7. The molecule has 3 rings (SSSR count). The van der Waals surface area contributed by atoms with Gasteiger partial charge in [-0.05, 0) is 67.3 Å². The lowest BCUT2D eigenvalue weighted by atomic mass is 9.87. The van der Waals surface area contributed by atoms with Crippen LogP contribution in [0.15, 0.2) is 64.2 Å². The summed E-state index contributed by atoms with van der Waals surface area (Å²) in [5.41, 5.74) is 8.87. The average Bonchev–Trinajstić information content (AvgIpc) is 2.96. The van der Waals surface area contributed by atoms with Crippen molar-refractivity contribution in [3.05, 3.63) is 81.6 Å². The zero-order valence-corrected chi connectivity index (χ0v) is 19.5. The van der Waals surface area contributed by atoms with E-state index in [4.69, 9.17) is 0 Å². The summed E-state index contributed by atoms with van der Waals surface area (Å²) in [7, 11) is 0. The van der Waals surface area contributed by atoms with Gasteiger partial charge in [-0.15, -0.1) is 0 Å². The third-order valence-electron chi connectivity index (χ3n) is 4.93. The minimum absolute atomic E-state index is 0.125. The molecule has 0 atom stereocenters. The lowest BCUT2D eigenvalue weighted by Gasteiger charge is -2.20. The molecule has 30 heavy (non-hydrogen) atoms. The molecular weight excluding hydrogens is 440 g/mol. The predicted octanol–water partition coefficient (Wildman–Crippen LogP) is 6.31. The number of amides is 2. The molecule has 0 radical (unpaired) electrons. The van der Waals surface area contributed by atoms with Crippen molar-refractivity contribution in [1.82, 2.24) is 9.99 Å². The Morgan fingerprint density at radius 1 is 1.03 bits per heavy atom. The maximum Gasteiger partial charge on any atom is 0.339 e. The van der Waals surface area contributed by atoms with Crippen molar-refractivity contribution in [2.45, 2.75) is 40.0 Å². The van der Waals surface area contributed by atoms with Gasteiger partial charge >= 0.3 is 6.03 Å². The summed E-state index contributed by atoms with van der Waals surface area (Å²) in [6.45, 7) is 10.7. The van der Waals surface area contributed by atoms with Gasteiger partial charge in [-0.2, -0.15) is 5.10 Å². The minimum Gasteiger partial charge on any atom is -0.318 e. The van der Waals surface area contributed by atoms with Crippen LogP contribution in [0.1, 0.15) is 43.3 Å². The van der Waals surface area contributed by atoms with Gasteiger partial charge < -0.3 is 9.88 Å². The molecule has 1 aromatic heterocycles. The number of halogens is 1. The van der Waals surface area contributed by atoms with Gasteiger partial charge in [0, 0.05) is 32.8 Å². The minimum atomic E-state index is -0.389. The Bertz CT molecular complexity index is 1060. The van der Waals surface area contributed by atoms with E-state index in [2.05, 4.69) is 94.4 Å². The fourth-order valence-electron chi connectivity index (χ4n) is 3.28. The number of aryl methyl sites for hydroxylation is 1. The molecule has 0 saturated carbocycles. The molecular formula is C24H27BrN4O. The Balaban J connectivity index is 1.70. The SMILES string of the molecule is Cc1cc(/C=N/NC(=O)Nc2ccc(Br)cc2)c(C)n1-c1ccc(C(C)(C)C)cc1. The molecule has 2 aromatic carbocycles. The first-order chi connectivity index (χ1) is 14.1. The second-order valence-corrected chi connectivity index (χ2v) is 9.21. The van der Waals surface area contributed by atoms with Crippen molar-refractivity contribution in [2.24, 2.45) is 5.10 Å². The van der Waals surface area contributed by atoms with Crippen molar-refractivity contribution < 1.29 is 4.79 Å². The number of urea groups is 1. The van der Waals surface area contributed by atoms with Gasteiger partial charge in [0.1, 0.15) is 0 Å². The van der Waals surface area contributed by atoms with Crippen LogP contribution >= 0.6 is 15.9 Å². The second kappa shape index (κ2) is 8.88. The fraction of sp³-hybridized carbons (Fsp3) is 0.250. The van der Waals surface area contributed by atoms with E-state index in [0.717, 1.165) is 27.1 Å². The Labute approximate surface area is 186 Å². The van der Waals surface area contributed by atoms with Gasteiger partial charge in [0.15, 0.2) is 0 Å². The molecule has 156 valence electrons. The van der Waals surface area contributed by atoms with Gasteiger partial charge in [0.25, 0.3) is 0 Å². The molecule has 2 N–H and O–H groups in total. The Hall–Kier alpha value is -2.86. The Morgan fingerprint density at radius 3 is 2.27 bits per heavy atom. The van der Waals surface area contributed by atoms with Gasteiger partial charge in [-0.1, -0.05) is 48.8 Å². The van der Waals surface area contributed by atoms with Crippen LogP contribution in [0.4, 0.5) is 10.5 Å². The molecule has 3 aromatic rings. The topological polar surface area (TPSA) is 58.4 Å². The molecule has 6 heteroatoms. The summed E-state index contributed by atoms with van der Waals surface area (Å²) in [6.07, 6.45) is 1.67. The molecule has 0 fully saturated rings. The average molecular weight is 467 g/mol. The molecule has 0 aliphatic carbocycles. The van der Waals surface area contributed by atoms with E-state index < -0.39 is 0 Å². The zero-order chi connectivity index (χ0) is 21.9. The number of hydrazone groups is 1. The van der Waals surface area contributed by atoms with Crippen LogP contribution in [0.25, 0.3) is 5.69 Å². The first kappa shape index (κ1) is 21.8. The normalized spacial score (nSPS) is 11.7. The number of carbonyl (C=O) groups is 1. The van der Waals surface area contributed by atoms with E-state index in [1.54, 1.807) is 6.21 Å². The number of hydrogen-bond donors (Lipinski definition) is 2. The highest BCUT2D eigenvalue weighted by Crippen LogP contribution is 2.25. The van der Waals surface area contributed by atoms with Crippen molar-refractivity contribution in [1.29, 1.82) is 0 Å². The second-order valence-electron chi connectivity index (χ2n) is 8.29. The molecule has 1 heterocycles. The van der Waals surface area contributed by atoms with Crippen LogP contribution in [0.2, 0.25) is 0 Å². The Morgan fingerprint density at radius 2 is 1.67 bits per heavy atom. The number of benzene rings is 2. The van der Waals surface area contributed by atoms with Crippen LogP contribution < -0.4 is 10.7 Å². The molecule has 0 aliphatic rings. The highest BCUT2D eigenvalue weighted by molar-refractivity contribution is 9.10. The number of hydrogen-bond acceptors (Lipinski definition) is 2. The summed E-state index contributed by atoms with van der Waals surface area (Å²) in [4.78, 5) is 12.0. The van der Waals surface area contributed by atoms with E-state index in [0.29, 0.717) is 5.69 Å². The summed E-state index contributed by atoms with van der Waals surface area (Å²) in [5.74, 6) is 0. The van der Waals surface area contributed by atoms with Gasteiger partial charge in [0.05, 0.1) is 6.21 Å².